The molecule has 0 saturated carbocycles. The van der Waals surface area contributed by atoms with Crippen molar-refractivity contribution in [3.05, 3.63) is 0 Å². The van der Waals surface area contributed by atoms with Gasteiger partial charge in [-0.25, -0.2) is 0 Å². The predicted molar refractivity (Wildman–Crippen MR) is 66.8 cm³/mol. The smallest absolute Gasteiger partial charge is 0.0587 e. The molecule has 1 N–H and O–H groups in total. The standard InChI is InChI=1S/C13H27NO2/c1-3-13-11-12(7-10-16-13)14-8-5-4-6-9-15-2/h12-14H,3-11H2,1-2H3. The zero-order chi connectivity index (χ0) is 11.6. The fraction of sp³-hybridized carbons (Fsp3) is 1.00. The highest BCUT2D eigenvalue weighted by molar-refractivity contribution is 4.75. The Labute approximate surface area is 99.9 Å². The Bertz CT molecular complexity index is 164. The summed E-state index contributed by atoms with van der Waals surface area (Å²) in [5.41, 5.74) is 0. The number of unbranched alkanes of at least 4 members (excludes halogenated alkanes) is 2. The van der Waals surface area contributed by atoms with Gasteiger partial charge in [0.05, 0.1) is 6.10 Å². The van der Waals surface area contributed by atoms with Gasteiger partial charge in [-0.2, -0.15) is 0 Å². The Hall–Kier alpha value is -0.120. The molecule has 1 aliphatic heterocycles. The summed E-state index contributed by atoms with van der Waals surface area (Å²) in [7, 11) is 1.77. The maximum atomic E-state index is 5.66. The largest absolute Gasteiger partial charge is 0.385 e. The molecule has 0 aromatic carbocycles. The van der Waals surface area contributed by atoms with E-state index in [1.54, 1.807) is 7.11 Å². The molecule has 1 heterocycles. The van der Waals surface area contributed by atoms with E-state index in [2.05, 4.69) is 12.2 Å². The predicted octanol–water partition coefficient (Wildman–Crippen LogP) is 2.35. The molecule has 0 aliphatic carbocycles. The van der Waals surface area contributed by atoms with Crippen LogP contribution >= 0.6 is 0 Å². The molecule has 1 saturated heterocycles. The third kappa shape index (κ3) is 5.83. The maximum Gasteiger partial charge on any atom is 0.0587 e. The molecule has 0 aromatic rings. The third-order valence-electron chi connectivity index (χ3n) is 3.28. The minimum atomic E-state index is 0.486. The first-order valence-electron chi connectivity index (χ1n) is 6.70. The molecule has 2 unspecified atom stereocenters. The van der Waals surface area contributed by atoms with Crippen molar-refractivity contribution in [3.8, 4) is 0 Å². The van der Waals surface area contributed by atoms with Gasteiger partial charge in [0.15, 0.2) is 0 Å². The highest BCUT2D eigenvalue weighted by Gasteiger charge is 2.20. The summed E-state index contributed by atoms with van der Waals surface area (Å²) < 4.78 is 10.7. The van der Waals surface area contributed by atoms with Gasteiger partial charge in [-0.3, -0.25) is 0 Å². The second-order valence-electron chi connectivity index (χ2n) is 4.63. The van der Waals surface area contributed by atoms with Crippen molar-refractivity contribution in [2.45, 2.75) is 57.6 Å². The minimum absolute atomic E-state index is 0.486. The van der Waals surface area contributed by atoms with Gasteiger partial charge in [-0.15, -0.1) is 0 Å². The molecule has 1 fully saturated rings. The van der Waals surface area contributed by atoms with Crippen molar-refractivity contribution in [1.82, 2.24) is 5.32 Å². The van der Waals surface area contributed by atoms with Crippen LogP contribution in [-0.4, -0.2) is 39.0 Å². The molecule has 0 radical (unpaired) electrons. The first-order valence-corrected chi connectivity index (χ1v) is 6.70. The van der Waals surface area contributed by atoms with Crippen LogP contribution in [0.4, 0.5) is 0 Å². The van der Waals surface area contributed by atoms with Gasteiger partial charge in [-0.05, 0) is 45.1 Å². The van der Waals surface area contributed by atoms with Gasteiger partial charge >= 0.3 is 0 Å². The van der Waals surface area contributed by atoms with Crippen molar-refractivity contribution < 1.29 is 9.47 Å². The van der Waals surface area contributed by atoms with Gasteiger partial charge in [0.2, 0.25) is 0 Å². The number of rotatable bonds is 8. The first kappa shape index (κ1) is 13.9. The van der Waals surface area contributed by atoms with Crippen LogP contribution in [0, 0.1) is 0 Å². The fourth-order valence-corrected chi connectivity index (χ4v) is 2.20. The number of methoxy groups -OCH3 is 1. The number of nitrogens with one attached hydrogen (secondary N) is 1. The zero-order valence-electron chi connectivity index (χ0n) is 10.8. The summed E-state index contributed by atoms with van der Waals surface area (Å²) in [6.07, 6.45) is 7.71. The van der Waals surface area contributed by atoms with Crippen molar-refractivity contribution in [3.63, 3.8) is 0 Å². The molecular weight excluding hydrogens is 202 g/mol. The molecule has 1 aliphatic rings. The SMILES string of the molecule is CCC1CC(NCCCCCOC)CCO1. The molecule has 3 nitrogen and oxygen atoms in total. The summed E-state index contributed by atoms with van der Waals surface area (Å²) in [5, 5.41) is 3.64. The lowest BCUT2D eigenvalue weighted by atomic mass is 10.0. The van der Waals surface area contributed by atoms with E-state index in [9.17, 15) is 0 Å². The minimum Gasteiger partial charge on any atom is -0.385 e. The van der Waals surface area contributed by atoms with E-state index in [0.717, 1.165) is 26.2 Å². The van der Waals surface area contributed by atoms with Crippen LogP contribution in [-0.2, 0) is 9.47 Å². The van der Waals surface area contributed by atoms with E-state index in [0.29, 0.717) is 12.1 Å². The van der Waals surface area contributed by atoms with Gasteiger partial charge < -0.3 is 14.8 Å². The Morgan fingerprint density at radius 1 is 1.31 bits per heavy atom. The van der Waals surface area contributed by atoms with E-state index < -0.39 is 0 Å². The summed E-state index contributed by atoms with van der Waals surface area (Å²) >= 11 is 0. The zero-order valence-corrected chi connectivity index (χ0v) is 10.8. The normalized spacial score (nSPS) is 25.9. The van der Waals surface area contributed by atoms with Crippen LogP contribution in [0.15, 0.2) is 0 Å². The van der Waals surface area contributed by atoms with Gasteiger partial charge in [-0.1, -0.05) is 6.92 Å². The molecule has 0 bridgehead atoms. The summed E-state index contributed by atoms with van der Waals surface area (Å²) in [5.74, 6) is 0. The molecule has 3 heteroatoms. The monoisotopic (exact) mass is 229 g/mol. The Balaban J connectivity index is 1.95. The Kier molecular flexibility index (Phi) is 7.81. The molecular formula is C13H27NO2. The Morgan fingerprint density at radius 2 is 2.19 bits per heavy atom. The first-order chi connectivity index (χ1) is 7.86. The molecule has 96 valence electrons. The molecule has 16 heavy (non-hydrogen) atoms. The van der Waals surface area contributed by atoms with E-state index in [-0.39, 0.29) is 0 Å². The van der Waals surface area contributed by atoms with Crippen molar-refractivity contribution in [2.75, 3.05) is 26.9 Å². The number of hydrogen-bond acceptors (Lipinski definition) is 3. The van der Waals surface area contributed by atoms with Gasteiger partial charge in [0.1, 0.15) is 0 Å². The van der Waals surface area contributed by atoms with Gasteiger partial charge in [0, 0.05) is 26.4 Å². The second kappa shape index (κ2) is 8.97. The van der Waals surface area contributed by atoms with E-state index >= 15 is 0 Å². The van der Waals surface area contributed by atoms with Crippen molar-refractivity contribution in [2.24, 2.45) is 0 Å². The molecule has 1 rings (SSSR count). The Morgan fingerprint density at radius 3 is 2.94 bits per heavy atom. The third-order valence-corrected chi connectivity index (χ3v) is 3.28. The maximum absolute atomic E-state index is 5.66. The second-order valence-corrected chi connectivity index (χ2v) is 4.63. The van der Waals surface area contributed by atoms with Crippen LogP contribution in [0.5, 0.6) is 0 Å². The molecule has 0 aromatic heterocycles. The van der Waals surface area contributed by atoms with Crippen LogP contribution in [0.25, 0.3) is 0 Å². The van der Waals surface area contributed by atoms with E-state index in [1.807, 2.05) is 0 Å². The fourth-order valence-electron chi connectivity index (χ4n) is 2.20. The number of hydrogen-bond donors (Lipinski definition) is 1. The average molecular weight is 229 g/mol. The summed E-state index contributed by atoms with van der Waals surface area (Å²) in [4.78, 5) is 0. The summed E-state index contributed by atoms with van der Waals surface area (Å²) in [6.45, 7) is 5.18. The highest BCUT2D eigenvalue weighted by Crippen LogP contribution is 2.16. The molecule has 2 atom stereocenters. The topological polar surface area (TPSA) is 30.5 Å². The molecule has 0 amide bonds. The lowest BCUT2D eigenvalue weighted by Crippen LogP contribution is -2.39. The van der Waals surface area contributed by atoms with Crippen LogP contribution in [0.2, 0.25) is 0 Å². The van der Waals surface area contributed by atoms with Crippen LogP contribution in [0.1, 0.15) is 45.4 Å². The van der Waals surface area contributed by atoms with Gasteiger partial charge in [0.25, 0.3) is 0 Å². The van der Waals surface area contributed by atoms with Crippen molar-refractivity contribution >= 4 is 0 Å². The van der Waals surface area contributed by atoms with Crippen molar-refractivity contribution in [1.29, 1.82) is 0 Å². The quantitative estimate of drug-likeness (QED) is 0.648. The summed E-state index contributed by atoms with van der Waals surface area (Å²) in [6, 6.07) is 0.682. The van der Waals surface area contributed by atoms with Crippen LogP contribution < -0.4 is 5.32 Å². The number of ether oxygens (including phenoxy) is 2. The average Bonchev–Trinajstić information content (AvgIpc) is 2.34. The van der Waals surface area contributed by atoms with E-state index in [1.165, 1.54) is 32.1 Å². The molecule has 0 spiro atoms. The highest BCUT2D eigenvalue weighted by atomic mass is 16.5. The lowest BCUT2D eigenvalue weighted by Gasteiger charge is -2.29. The van der Waals surface area contributed by atoms with Crippen LogP contribution in [0.3, 0.4) is 0 Å². The lowest BCUT2D eigenvalue weighted by molar-refractivity contribution is -0.0000129. The van der Waals surface area contributed by atoms with E-state index in [4.69, 9.17) is 9.47 Å².